The molecular weight excluding hydrogens is 398 g/mol. The highest BCUT2D eigenvalue weighted by Gasteiger charge is 2.59. The number of fused-ring (bicyclic) bond motifs is 3. The molecule has 0 spiro atoms. The molecule has 0 amide bonds. The van der Waals surface area contributed by atoms with Crippen LogP contribution >= 0.6 is 11.6 Å². The first kappa shape index (κ1) is 18.7. The summed E-state index contributed by atoms with van der Waals surface area (Å²) < 4.78 is 60.4. The molecule has 0 unspecified atom stereocenters. The van der Waals surface area contributed by atoms with E-state index in [0.717, 1.165) is 12.1 Å². The monoisotopic (exact) mass is 414 g/mol. The molecule has 2 aromatic rings. The lowest BCUT2D eigenvalue weighted by molar-refractivity contribution is 0.0395. The highest BCUT2D eigenvalue weighted by molar-refractivity contribution is 7.92. The summed E-state index contributed by atoms with van der Waals surface area (Å²) in [6, 6.07) is 7.46. The van der Waals surface area contributed by atoms with E-state index in [1.54, 1.807) is 0 Å². The predicted molar refractivity (Wildman–Crippen MR) is 95.5 cm³/mol. The van der Waals surface area contributed by atoms with Gasteiger partial charge in [-0.2, -0.15) is 0 Å². The SMILES string of the molecule is O=S(=O)(c1ccc(Cl)cc1)[C@@]12CC[C@H](O)C[C@@H]1COc1c(F)ccc(F)c12. The Balaban J connectivity index is 2.02. The number of aliphatic hydroxyl groups is 1. The van der Waals surface area contributed by atoms with Crippen LogP contribution in [-0.4, -0.2) is 26.2 Å². The molecule has 2 aliphatic rings. The van der Waals surface area contributed by atoms with Gasteiger partial charge < -0.3 is 9.84 Å². The average molecular weight is 415 g/mol. The smallest absolute Gasteiger partial charge is 0.188 e. The summed E-state index contributed by atoms with van der Waals surface area (Å²) in [5, 5.41) is 10.4. The Kier molecular flexibility index (Phi) is 4.44. The van der Waals surface area contributed by atoms with Crippen LogP contribution in [0.25, 0.3) is 0 Å². The number of sulfone groups is 1. The van der Waals surface area contributed by atoms with Gasteiger partial charge in [-0.1, -0.05) is 11.6 Å². The molecule has 1 heterocycles. The number of ether oxygens (including phenoxy) is 1. The largest absolute Gasteiger partial charge is 0.490 e. The molecule has 8 heteroatoms. The van der Waals surface area contributed by atoms with Crippen LogP contribution in [0.1, 0.15) is 24.8 Å². The molecule has 3 atom stereocenters. The Morgan fingerprint density at radius 2 is 1.78 bits per heavy atom. The van der Waals surface area contributed by atoms with Crippen molar-refractivity contribution >= 4 is 21.4 Å². The van der Waals surface area contributed by atoms with Crippen LogP contribution in [-0.2, 0) is 14.6 Å². The van der Waals surface area contributed by atoms with Crippen molar-refractivity contribution in [1.29, 1.82) is 0 Å². The van der Waals surface area contributed by atoms with Gasteiger partial charge in [0.25, 0.3) is 0 Å². The van der Waals surface area contributed by atoms with Crippen LogP contribution in [0.5, 0.6) is 5.75 Å². The van der Waals surface area contributed by atoms with Gasteiger partial charge in [0.05, 0.1) is 23.2 Å². The molecule has 1 fully saturated rings. The number of aliphatic hydroxyl groups excluding tert-OH is 1. The van der Waals surface area contributed by atoms with Crippen molar-refractivity contribution in [2.45, 2.75) is 35.0 Å². The summed E-state index contributed by atoms with van der Waals surface area (Å²) in [6.07, 6.45) is -0.452. The topological polar surface area (TPSA) is 63.6 Å². The van der Waals surface area contributed by atoms with Crippen molar-refractivity contribution in [3.8, 4) is 5.75 Å². The van der Waals surface area contributed by atoms with Crippen LogP contribution in [0.4, 0.5) is 8.78 Å². The van der Waals surface area contributed by atoms with Crippen LogP contribution in [0.15, 0.2) is 41.3 Å². The third kappa shape index (κ3) is 2.67. The van der Waals surface area contributed by atoms with E-state index in [0.29, 0.717) is 5.02 Å². The Morgan fingerprint density at radius 1 is 1.11 bits per heavy atom. The molecule has 4 rings (SSSR count). The van der Waals surface area contributed by atoms with Gasteiger partial charge in [0, 0.05) is 10.9 Å². The molecule has 1 saturated carbocycles. The molecule has 0 saturated heterocycles. The molecule has 144 valence electrons. The number of halogens is 3. The number of hydrogen-bond acceptors (Lipinski definition) is 4. The second-order valence-electron chi connectivity index (χ2n) is 7.02. The highest BCUT2D eigenvalue weighted by atomic mass is 35.5. The Labute approximate surface area is 160 Å². The fourth-order valence-electron chi connectivity index (χ4n) is 4.32. The molecule has 2 aromatic carbocycles. The van der Waals surface area contributed by atoms with E-state index < -0.39 is 38.2 Å². The maximum absolute atomic E-state index is 14.9. The number of benzene rings is 2. The first-order valence-corrected chi connectivity index (χ1v) is 10.4. The van der Waals surface area contributed by atoms with E-state index in [2.05, 4.69) is 0 Å². The van der Waals surface area contributed by atoms with Gasteiger partial charge in [-0.15, -0.1) is 0 Å². The zero-order chi connectivity index (χ0) is 19.4. The lowest BCUT2D eigenvalue weighted by atomic mass is 9.72. The number of hydrogen-bond donors (Lipinski definition) is 1. The van der Waals surface area contributed by atoms with E-state index in [4.69, 9.17) is 16.3 Å². The minimum atomic E-state index is -4.13. The van der Waals surface area contributed by atoms with Crippen LogP contribution < -0.4 is 4.74 Å². The molecule has 1 N–H and O–H groups in total. The highest BCUT2D eigenvalue weighted by Crippen LogP contribution is 2.56. The summed E-state index contributed by atoms with van der Waals surface area (Å²) in [7, 11) is -4.13. The van der Waals surface area contributed by atoms with Crippen LogP contribution in [0.2, 0.25) is 5.02 Å². The summed E-state index contributed by atoms with van der Waals surface area (Å²) in [5.41, 5.74) is -0.277. The van der Waals surface area contributed by atoms with Gasteiger partial charge in [-0.3, -0.25) is 0 Å². The fraction of sp³-hybridized carbons (Fsp3) is 0.368. The van der Waals surface area contributed by atoms with Crippen molar-refractivity contribution in [1.82, 2.24) is 0 Å². The fourth-order valence-corrected chi connectivity index (χ4v) is 6.81. The van der Waals surface area contributed by atoms with Crippen molar-refractivity contribution in [3.05, 3.63) is 58.6 Å². The van der Waals surface area contributed by atoms with Gasteiger partial charge in [-0.25, -0.2) is 17.2 Å². The van der Waals surface area contributed by atoms with E-state index in [-0.39, 0.29) is 42.1 Å². The van der Waals surface area contributed by atoms with E-state index in [1.165, 1.54) is 24.3 Å². The zero-order valence-corrected chi connectivity index (χ0v) is 15.7. The molecule has 1 aliphatic carbocycles. The third-order valence-corrected chi connectivity index (χ3v) is 8.42. The van der Waals surface area contributed by atoms with Crippen molar-refractivity contribution in [3.63, 3.8) is 0 Å². The van der Waals surface area contributed by atoms with Gasteiger partial charge in [-0.05, 0) is 55.7 Å². The van der Waals surface area contributed by atoms with Gasteiger partial charge >= 0.3 is 0 Å². The Hall–Kier alpha value is -1.70. The standard InChI is InChI=1S/C19H17ClF2O4S/c20-12-1-3-14(4-2-12)27(24,25)19-8-7-13(23)9-11(19)10-26-18-16(22)6-5-15(21)17(18)19/h1-6,11,13,23H,7-10H2/t11-,13+,19+/m1/s1. The Morgan fingerprint density at radius 3 is 2.48 bits per heavy atom. The van der Waals surface area contributed by atoms with Crippen molar-refractivity contribution in [2.24, 2.45) is 5.92 Å². The summed E-state index contributed by atoms with van der Waals surface area (Å²) >= 11 is 5.87. The summed E-state index contributed by atoms with van der Waals surface area (Å²) in [5.74, 6) is -2.70. The molecule has 4 nitrogen and oxygen atoms in total. The lowest BCUT2D eigenvalue weighted by Crippen LogP contribution is -2.53. The minimum Gasteiger partial charge on any atom is -0.490 e. The number of rotatable bonds is 2. The summed E-state index contributed by atoms with van der Waals surface area (Å²) in [4.78, 5) is -0.0233. The van der Waals surface area contributed by atoms with Crippen molar-refractivity contribution < 1.29 is 27.0 Å². The minimum absolute atomic E-state index is 0.0233. The molecule has 0 radical (unpaired) electrons. The quantitative estimate of drug-likeness (QED) is 0.811. The second-order valence-corrected chi connectivity index (χ2v) is 9.66. The van der Waals surface area contributed by atoms with Gasteiger partial charge in [0.1, 0.15) is 10.6 Å². The first-order valence-electron chi connectivity index (χ1n) is 8.57. The lowest BCUT2D eigenvalue weighted by Gasteiger charge is -2.48. The molecule has 1 aliphatic heterocycles. The zero-order valence-electron chi connectivity index (χ0n) is 14.2. The molecular formula is C19H17ClF2O4S. The normalized spacial score (nSPS) is 27.4. The third-order valence-electron chi connectivity index (χ3n) is 5.58. The second kappa shape index (κ2) is 6.43. The van der Waals surface area contributed by atoms with Crippen molar-refractivity contribution in [2.75, 3.05) is 6.61 Å². The maximum atomic E-state index is 14.9. The molecule has 0 bridgehead atoms. The maximum Gasteiger partial charge on any atom is 0.188 e. The van der Waals surface area contributed by atoms with Crippen LogP contribution in [0, 0.1) is 17.6 Å². The van der Waals surface area contributed by atoms with E-state index >= 15 is 0 Å². The summed E-state index contributed by atoms with van der Waals surface area (Å²) in [6.45, 7) is -0.114. The van der Waals surface area contributed by atoms with E-state index in [1.807, 2.05) is 0 Å². The van der Waals surface area contributed by atoms with Gasteiger partial charge in [0.15, 0.2) is 21.4 Å². The van der Waals surface area contributed by atoms with Crippen LogP contribution in [0.3, 0.4) is 0 Å². The average Bonchev–Trinajstić information content (AvgIpc) is 2.64. The predicted octanol–water partition coefficient (Wildman–Crippen LogP) is 3.84. The molecule has 0 aromatic heterocycles. The Bertz CT molecular complexity index is 994. The first-order chi connectivity index (χ1) is 12.8. The van der Waals surface area contributed by atoms with Gasteiger partial charge in [0.2, 0.25) is 0 Å². The molecule has 27 heavy (non-hydrogen) atoms. The van der Waals surface area contributed by atoms with E-state index in [9.17, 15) is 22.3 Å².